The molecule has 0 saturated carbocycles. The fourth-order valence-corrected chi connectivity index (χ4v) is 6.25. The smallest absolute Gasteiger partial charge is 0.106 e. The van der Waals surface area contributed by atoms with Gasteiger partial charge in [0.05, 0.1) is 52.9 Å². The lowest BCUT2D eigenvalue weighted by atomic mass is 10.2. The highest BCUT2D eigenvalue weighted by atomic mass is 16.5. The summed E-state index contributed by atoms with van der Waals surface area (Å²) in [5.41, 5.74) is 0. The zero-order valence-corrected chi connectivity index (χ0v) is 37.2. The zero-order chi connectivity index (χ0) is 42.7. The summed E-state index contributed by atoms with van der Waals surface area (Å²) < 4.78 is 33.5. The van der Waals surface area contributed by atoms with Gasteiger partial charge in [-0.15, -0.1) is 0 Å². The molecule has 2 heterocycles. The number of aliphatic hydroxyl groups is 4. The first-order valence-corrected chi connectivity index (χ1v) is 23.0. The Balaban J connectivity index is 0.00000856. The Bertz CT molecular complexity index is 777. The second-order valence-electron chi connectivity index (χ2n) is 14.7. The van der Waals surface area contributed by atoms with Gasteiger partial charge >= 0.3 is 0 Å². The summed E-state index contributed by atoms with van der Waals surface area (Å²) in [6, 6.07) is 0. The first-order valence-electron chi connectivity index (χ1n) is 23.0. The lowest BCUT2D eigenvalue weighted by Crippen LogP contribution is -2.45. The van der Waals surface area contributed by atoms with Crippen molar-refractivity contribution in [3.8, 4) is 0 Å². The van der Waals surface area contributed by atoms with Gasteiger partial charge in [0, 0.05) is 91.9 Å². The molecule has 354 valence electrons. The molecule has 0 bridgehead atoms. The van der Waals surface area contributed by atoms with E-state index in [1.807, 2.05) is 13.8 Å². The number of hydrogen-bond acceptors (Lipinski definition) is 18. The maximum absolute atomic E-state index is 10.2. The second-order valence-corrected chi connectivity index (χ2v) is 14.7. The normalized spacial score (nSPS) is 17.4. The number of nitrogens with one attached hydrogen (secondary N) is 6. The molecule has 59 heavy (non-hydrogen) atoms. The molecule has 2 rings (SSSR count). The molecule has 18 heteroatoms. The molecular weight excluding hydrogens is 764 g/mol. The molecule has 2 fully saturated rings. The van der Waals surface area contributed by atoms with Gasteiger partial charge in [0.1, 0.15) is 24.9 Å². The monoisotopic (exact) mass is 855 g/mol. The summed E-state index contributed by atoms with van der Waals surface area (Å²) in [4.78, 5) is 4.75. The highest BCUT2D eigenvalue weighted by molar-refractivity contribution is 4.70. The average molecular weight is 855 g/mol. The molecule has 10 N–H and O–H groups in total. The summed E-state index contributed by atoms with van der Waals surface area (Å²) in [5, 5.41) is 59.7. The third-order valence-corrected chi connectivity index (χ3v) is 9.68. The lowest BCUT2D eigenvalue weighted by Gasteiger charge is -2.28. The van der Waals surface area contributed by atoms with Gasteiger partial charge in [0.2, 0.25) is 0 Å². The van der Waals surface area contributed by atoms with E-state index in [0.717, 1.165) is 117 Å². The van der Waals surface area contributed by atoms with Crippen LogP contribution in [0.3, 0.4) is 0 Å². The maximum atomic E-state index is 10.2. The van der Waals surface area contributed by atoms with Crippen LogP contribution in [0.5, 0.6) is 0 Å². The number of ether oxygens (including phenoxy) is 6. The highest BCUT2D eigenvalue weighted by Gasteiger charge is 2.13. The zero-order valence-electron chi connectivity index (χ0n) is 37.2. The van der Waals surface area contributed by atoms with Crippen LogP contribution >= 0.6 is 0 Å². The summed E-state index contributed by atoms with van der Waals surface area (Å²) in [6.45, 7) is 23.5. The molecule has 0 aliphatic carbocycles. The molecule has 2 aliphatic rings. The molecule has 2 saturated heterocycles. The number of nitrogens with zero attached hydrogens (tertiary/aromatic N) is 2. The van der Waals surface area contributed by atoms with Crippen LogP contribution in [-0.2, 0) is 28.4 Å². The predicted molar refractivity (Wildman–Crippen MR) is 232 cm³/mol. The Labute approximate surface area is 357 Å². The van der Waals surface area contributed by atoms with Crippen LogP contribution in [0, 0.1) is 0 Å². The Morgan fingerprint density at radius 3 is 0.932 bits per heavy atom. The largest absolute Gasteiger partial charge is 0.379 e. The number of piperazine rings is 2. The van der Waals surface area contributed by atoms with E-state index in [2.05, 4.69) is 41.7 Å². The van der Waals surface area contributed by atoms with Crippen molar-refractivity contribution in [1.82, 2.24) is 41.7 Å². The molecule has 0 aromatic carbocycles. The fourth-order valence-electron chi connectivity index (χ4n) is 6.25. The van der Waals surface area contributed by atoms with E-state index >= 15 is 0 Å². The van der Waals surface area contributed by atoms with Crippen molar-refractivity contribution < 1.29 is 48.8 Å². The molecule has 0 spiro atoms. The van der Waals surface area contributed by atoms with Crippen LogP contribution < -0.4 is 31.9 Å². The fraction of sp³-hybridized carbons (Fsp3) is 1.00. The van der Waals surface area contributed by atoms with Gasteiger partial charge in [-0.2, -0.15) is 0 Å². The number of aliphatic hydroxyl groups excluding tert-OH is 4. The molecule has 0 radical (unpaired) electrons. The minimum absolute atomic E-state index is 0.471. The lowest BCUT2D eigenvalue weighted by molar-refractivity contribution is 0.0125. The van der Waals surface area contributed by atoms with Crippen LogP contribution in [0.2, 0.25) is 0 Å². The predicted octanol–water partition coefficient (Wildman–Crippen LogP) is -0.935. The Hall–Kier alpha value is -0.720. The van der Waals surface area contributed by atoms with Crippen LogP contribution in [0.25, 0.3) is 0 Å². The topological polar surface area (TPSA) is 215 Å². The van der Waals surface area contributed by atoms with Crippen molar-refractivity contribution in [2.45, 2.75) is 96.5 Å². The Morgan fingerprint density at radius 2 is 0.644 bits per heavy atom. The molecular formula is C41H90N8O10. The summed E-state index contributed by atoms with van der Waals surface area (Å²) in [6.07, 6.45) is 4.42. The molecule has 4 unspecified atom stereocenters. The summed E-state index contributed by atoms with van der Waals surface area (Å²) >= 11 is 0. The van der Waals surface area contributed by atoms with Crippen molar-refractivity contribution in [3.63, 3.8) is 0 Å². The number of hydrogen-bond donors (Lipinski definition) is 10. The van der Waals surface area contributed by atoms with Crippen molar-refractivity contribution in [2.24, 2.45) is 0 Å². The van der Waals surface area contributed by atoms with Crippen LogP contribution in [0.15, 0.2) is 0 Å². The van der Waals surface area contributed by atoms with Crippen molar-refractivity contribution in [2.75, 3.05) is 171 Å². The molecule has 4 atom stereocenters. The third kappa shape index (κ3) is 38.7. The van der Waals surface area contributed by atoms with Crippen molar-refractivity contribution >= 4 is 0 Å². The van der Waals surface area contributed by atoms with E-state index in [0.29, 0.717) is 112 Å². The standard InChI is InChI=1S/C39H84N8O10.C2H6/c48-36(42-10-2-24-52-28-32-56-34-30-54-26-4-12-44-38(50)8-18-46-20-14-40-15-21-46)6-1-7-37(49)43-11-3-25-53-29-33-57-35-31-55-27-5-13-45-39(51)9-19-47-22-16-41-17-23-47;1-2/h36-45,48-51H,1-35H2;1-2H3. The number of rotatable bonds is 42. The van der Waals surface area contributed by atoms with Crippen LogP contribution in [0.1, 0.15) is 71.6 Å². The quantitative estimate of drug-likeness (QED) is 0.0265. The van der Waals surface area contributed by atoms with E-state index < -0.39 is 24.9 Å². The summed E-state index contributed by atoms with van der Waals surface area (Å²) in [7, 11) is 0. The van der Waals surface area contributed by atoms with Crippen molar-refractivity contribution in [1.29, 1.82) is 0 Å². The van der Waals surface area contributed by atoms with E-state index in [9.17, 15) is 20.4 Å². The Kier molecular flexibility index (Phi) is 41.9. The molecule has 2 aliphatic heterocycles. The minimum Gasteiger partial charge on any atom is -0.379 e. The summed E-state index contributed by atoms with van der Waals surface area (Å²) in [5.74, 6) is 0. The van der Waals surface area contributed by atoms with E-state index in [-0.39, 0.29) is 0 Å². The van der Waals surface area contributed by atoms with Gasteiger partial charge in [-0.05, 0) is 84.0 Å². The van der Waals surface area contributed by atoms with Gasteiger partial charge in [0.15, 0.2) is 0 Å². The van der Waals surface area contributed by atoms with Crippen LogP contribution in [-0.4, -0.2) is 226 Å². The van der Waals surface area contributed by atoms with Crippen molar-refractivity contribution in [3.05, 3.63) is 0 Å². The van der Waals surface area contributed by atoms with Gasteiger partial charge in [-0.25, -0.2) is 0 Å². The molecule has 0 aromatic rings. The van der Waals surface area contributed by atoms with Gasteiger partial charge in [-0.1, -0.05) is 13.8 Å². The molecule has 18 nitrogen and oxygen atoms in total. The van der Waals surface area contributed by atoms with E-state index in [1.165, 1.54) is 0 Å². The maximum Gasteiger partial charge on any atom is 0.106 e. The third-order valence-electron chi connectivity index (χ3n) is 9.68. The second kappa shape index (κ2) is 43.9. The SMILES string of the molecule is CC.OC(CCCC(O)NCCCOCCOCCOCCCNC(O)CCN1CCNCC1)NCCCOCCOCCOCCCNC(O)CCN1CCNCC1. The minimum atomic E-state index is -0.606. The van der Waals surface area contributed by atoms with E-state index in [1.54, 1.807) is 0 Å². The Morgan fingerprint density at radius 1 is 0.390 bits per heavy atom. The van der Waals surface area contributed by atoms with E-state index in [4.69, 9.17) is 28.4 Å². The van der Waals surface area contributed by atoms with Gasteiger partial charge in [-0.3, -0.25) is 21.3 Å². The molecule has 0 aromatic heterocycles. The van der Waals surface area contributed by atoms with Gasteiger partial charge < -0.3 is 69.3 Å². The highest BCUT2D eigenvalue weighted by Crippen LogP contribution is 2.02. The first-order chi connectivity index (χ1) is 29.0. The van der Waals surface area contributed by atoms with Crippen LogP contribution in [0.4, 0.5) is 0 Å². The van der Waals surface area contributed by atoms with Gasteiger partial charge in [0.25, 0.3) is 0 Å². The first kappa shape index (κ1) is 56.3. The molecule has 0 amide bonds. The average Bonchev–Trinajstić information content (AvgIpc) is 3.26.